The minimum atomic E-state index is -0.842. The Bertz CT molecular complexity index is 737. The molecule has 108 valence electrons. The van der Waals surface area contributed by atoms with Crippen molar-refractivity contribution >= 4 is 39.9 Å². The predicted octanol–water partition coefficient (Wildman–Crippen LogP) is 3.73. The molecule has 8 heteroatoms. The number of nitro benzene ring substituents is 1. The number of amides is 1. The van der Waals surface area contributed by atoms with Gasteiger partial charge in [0.15, 0.2) is 0 Å². The molecule has 0 fully saturated rings. The molecule has 0 bridgehead atoms. The van der Waals surface area contributed by atoms with Gasteiger partial charge in [-0.2, -0.15) is 0 Å². The van der Waals surface area contributed by atoms with Crippen LogP contribution in [0.2, 0.25) is 0 Å². The van der Waals surface area contributed by atoms with E-state index in [2.05, 4.69) is 5.32 Å². The molecule has 0 saturated carbocycles. The van der Waals surface area contributed by atoms with E-state index in [1.54, 1.807) is 22.6 Å². The second kappa shape index (κ2) is 6.12. The molecule has 0 aliphatic rings. The van der Waals surface area contributed by atoms with E-state index >= 15 is 0 Å². The van der Waals surface area contributed by atoms with E-state index in [0.717, 1.165) is 24.3 Å². The first kappa shape index (κ1) is 15.3. The third kappa shape index (κ3) is 3.51. The lowest BCUT2D eigenvalue weighted by atomic mass is 10.1. The molecule has 5 nitrogen and oxygen atoms in total. The second-order valence-corrected chi connectivity index (χ2v) is 5.16. The average Bonchev–Trinajstić information content (AvgIpc) is 2.41. The van der Waals surface area contributed by atoms with Gasteiger partial charge in [0.05, 0.1) is 10.6 Å². The van der Waals surface area contributed by atoms with Crippen molar-refractivity contribution in [3.05, 3.63) is 67.3 Å². The molecule has 0 heterocycles. The van der Waals surface area contributed by atoms with Crippen molar-refractivity contribution in [1.29, 1.82) is 0 Å². The number of nitrogens with one attached hydrogen (secondary N) is 1. The van der Waals surface area contributed by atoms with Crippen LogP contribution in [-0.2, 0) is 0 Å². The zero-order valence-electron chi connectivity index (χ0n) is 10.3. The summed E-state index contributed by atoms with van der Waals surface area (Å²) in [5.41, 5.74) is -0.633. The van der Waals surface area contributed by atoms with Crippen molar-refractivity contribution < 1.29 is 18.5 Å². The van der Waals surface area contributed by atoms with Crippen molar-refractivity contribution in [2.24, 2.45) is 0 Å². The Kier molecular flexibility index (Phi) is 4.46. The van der Waals surface area contributed by atoms with Crippen LogP contribution in [0.3, 0.4) is 0 Å². The molecule has 1 N–H and O–H groups in total. The van der Waals surface area contributed by atoms with E-state index in [4.69, 9.17) is 0 Å². The Labute approximate surface area is 131 Å². The van der Waals surface area contributed by atoms with Gasteiger partial charge < -0.3 is 5.32 Å². The Morgan fingerprint density at radius 1 is 1.14 bits per heavy atom. The molecule has 0 atom stereocenters. The highest BCUT2D eigenvalue weighted by atomic mass is 127. The fourth-order valence-corrected chi connectivity index (χ4v) is 2.24. The number of nitro groups is 1. The zero-order valence-corrected chi connectivity index (χ0v) is 12.4. The summed E-state index contributed by atoms with van der Waals surface area (Å²) in [6.45, 7) is 0. The van der Waals surface area contributed by atoms with Gasteiger partial charge in [-0.15, -0.1) is 0 Å². The number of benzene rings is 2. The molecule has 2 aromatic rings. The monoisotopic (exact) mass is 404 g/mol. The normalized spacial score (nSPS) is 10.2. The largest absolute Gasteiger partial charge is 0.321 e. The molecule has 0 aromatic heterocycles. The average molecular weight is 404 g/mol. The molecular weight excluding hydrogens is 397 g/mol. The van der Waals surface area contributed by atoms with Crippen LogP contribution in [0, 0.1) is 25.3 Å². The van der Waals surface area contributed by atoms with Gasteiger partial charge in [0.1, 0.15) is 17.2 Å². The third-order valence-electron chi connectivity index (χ3n) is 2.58. The molecule has 0 spiro atoms. The Hall–Kier alpha value is -2.10. The fraction of sp³-hybridized carbons (Fsp3) is 0. The molecule has 0 unspecified atom stereocenters. The number of hydrogen-bond acceptors (Lipinski definition) is 3. The molecule has 0 saturated heterocycles. The quantitative estimate of drug-likeness (QED) is 0.482. The summed E-state index contributed by atoms with van der Waals surface area (Å²) in [5.74, 6) is -2.08. The summed E-state index contributed by atoms with van der Waals surface area (Å²) in [6, 6.07) is 6.24. The van der Waals surface area contributed by atoms with Crippen molar-refractivity contribution in [1.82, 2.24) is 0 Å². The van der Waals surface area contributed by atoms with E-state index in [1.807, 2.05) is 0 Å². The maximum Gasteiger partial charge on any atom is 0.282 e. The minimum Gasteiger partial charge on any atom is -0.321 e. The number of hydrogen-bond donors (Lipinski definition) is 1. The molecule has 0 aliphatic heterocycles. The molecule has 21 heavy (non-hydrogen) atoms. The predicted molar refractivity (Wildman–Crippen MR) is 80.1 cm³/mol. The summed E-state index contributed by atoms with van der Waals surface area (Å²) in [7, 11) is 0. The molecular formula is C13H7F2IN2O3. The minimum absolute atomic E-state index is 0.278. The lowest BCUT2D eigenvalue weighted by molar-refractivity contribution is -0.385. The Balaban J connectivity index is 2.36. The summed E-state index contributed by atoms with van der Waals surface area (Å²) >= 11 is 1.80. The van der Waals surface area contributed by atoms with Crippen LogP contribution in [-0.4, -0.2) is 10.8 Å². The molecule has 0 radical (unpaired) electrons. The Morgan fingerprint density at radius 3 is 2.38 bits per heavy atom. The maximum absolute atomic E-state index is 13.2. The first-order chi connectivity index (χ1) is 9.88. The standard InChI is InChI=1S/C13H7F2IN2O3/c14-7-2-4-12(18(20)21)9(5-7)13(19)17-11-3-1-8(15)6-10(11)16/h1-6H,(H,17,19). The highest BCUT2D eigenvalue weighted by molar-refractivity contribution is 14.1. The topological polar surface area (TPSA) is 72.2 Å². The van der Waals surface area contributed by atoms with Gasteiger partial charge >= 0.3 is 0 Å². The van der Waals surface area contributed by atoms with Crippen LogP contribution in [0.1, 0.15) is 10.4 Å². The summed E-state index contributed by atoms with van der Waals surface area (Å²) < 4.78 is 26.6. The van der Waals surface area contributed by atoms with Gasteiger partial charge in [0, 0.05) is 9.64 Å². The van der Waals surface area contributed by atoms with Crippen LogP contribution in [0.4, 0.5) is 20.2 Å². The summed E-state index contributed by atoms with van der Waals surface area (Å²) in [4.78, 5) is 22.1. The van der Waals surface area contributed by atoms with E-state index in [-0.39, 0.29) is 5.69 Å². The van der Waals surface area contributed by atoms with Gasteiger partial charge in [0.25, 0.3) is 11.6 Å². The van der Waals surface area contributed by atoms with Gasteiger partial charge in [-0.05, 0) is 52.9 Å². The highest BCUT2D eigenvalue weighted by Crippen LogP contribution is 2.23. The first-order valence-corrected chi connectivity index (χ1v) is 6.66. The van der Waals surface area contributed by atoms with E-state index < -0.39 is 33.7 Å². The number of nitrogens with zero attached hydrogens (tertiary/aromatic N) is 1. The lowest BCUT2D eigenvalue weighted by Gasteiger charge is -2.08. The Morgan fingerprint density at radius 2 is 1.76 bits per heavy atom. The number of halogens is 3. The van der Waals surface area contributed by atoms with Gasteiger partial charge in [-0.25, -0.2) is 8.78 Å². The van der Waals surface area contributed by atoms with Crippen LogP contribution >= 0.6 is 22.6 Å². The molecule has 2 aromatic carbocycles. The highest BCUT2D eigenvalue weighted by Gasteiger charge is 2.21. The van der Waals surface area contributed by atoms with E-state index in [9.17, 15) is 23.7 Å². The summed E-state index contributed by atoms with van der Waals surface area (Å²) in [5, 5.41) is 13.2. The van der Waals surface area contributed by atoms with Crippen molar-refractivity contribution in [2.75, 3.05) is 5.32 Å². The maximum atomic E-state index is 13.2. The number of rotatable bonds is 3. The lowest BCUT2D eigenvalue weighted by Crippen LogP contribution is -2.15. The second-order valence-electron chi connectivity index (χ2n) is 4.00. The van der Waals surface area contributed by atoms with Crippen molar-refractivity contribution in [3.8, 4) is 0 Å². The molecule has 2 rings (SSSR count). The van der Waals surface area contributed by atoms with Crippen LogP contribution in [0.15, 0.2) is 36.4 Å². The number of carbonyl (C=O) groups excluding carboxylic acids is 1. The number of anilines is 1. The van der Waals surface area contributed by atoms with Crippen LogP contribution in [0.5, 0.6) is 0 Å². The molecule has 1 amide bonds. The van der Waals surface area contributed by atoms with Crippen LogP contribution in [0.25, 0.3) is 0 Å². The summed E-state index contributed by atoms with van der Waals surface area (Å²) in [6.07, 6.45) is 0. The van der Waals surface area contributed by atoms with Gasteiger partial charge in [-0.1, -0.05) is 0 Å². The van der Waals surface area contributed by atoms with Crippen LogP contribution < -0.4 is 5.32 Å². The zero-order chi connectivity index (χ0) is 15.6. The van der Waals surface area contributed by atoms with Gasteiger partial charge in [-0.3, -0.25) is 14.9 Å². The molecule has 0 aliphatic carbocycles. The van der Waals surface area contributed by atoms with Gasteiger partial charge in [0.2, 0.25) is 0 Å². The van der Waals surface area contributed by atoms with Crippen molar-refractivity contribution in [3.63, 3.8) is 0 Å². The third-order valence-corrected chi connectivity index (χ3v) is 3.47. The van der Waals surface area contributed by atoms with Crippen molar-refractivity contribution in [2.45, 2.75) is 0 Å². The SMILES string of the molecule is O=C(Nc1ccc(F)cc1I)c1cc(F)ccc1[N+](=O)[O-]. The number of carbonyl (C=O) groups is 1. The fourth-order valence-electron chi connectivity index (χ4n) is 1.63. The first-order valence-electron chi connectivity index (χ1n) is 5.59. The van der Waals surface area contributed by atoms with E-state index in [1.165, 1.54) is 12.1 Å². The van der Waals surface area contributed by atoms with E-state index in [0.29, 0.717) is 3.57 Å². The smallest absolute Gasteiger partial charge is 0.282 e.